The molecule has 1 aromatic rings. The van der Waals surface area contributed by atoms with Gasteiger partial charge in [-0.2, -0.15) is 18.2 Å². The molecule has 1 aliphatic carbocycles. The van der Waals surface area contributed by atoms with E-state index in [-0.39, 0.29) is 12.4 Å². The molecule has 0 saturated heterocycles. The predicted molar refractivity (Wildman–Crippen MR) is 66.2 cm³/mol. The van der Waals surface area contributed by atoms with E-state index in [4.69, 9.17) is 5.73 Å². The van der Waals surface area contributed by atoms with Crippen molar-refractivity contribution in [3.8, 4) is 0 Å². The second-order valence-electron chi connectivity index (χ2n) is 4.59. The number of alkyl halides is 3. The Bertz CT molecular complexity index is 626. The number of nitrogens with zero attached hydrogens (tertiary/aromatic N) is 2. The van der Waals surface area contributed by atoms with Crippen molar-refractivity contribution in [2.75, 3.05) is 12.3 Å². The van der Waals surface area contributed by atoms with E-state index in [9.17, 15) is 22.4 Å². The van der Waals surface area contributed by atoms with E-state index < -0.39 is 35.8 Å². The lowest BCUT2D eigenvalue weighted by molar-refractivity contribution is -0.267. The van der Waals surface area contributed by atoms with Gasteiger partial charge in [0, 0.05) is 19.2 Å². The highest BCUT2D eigenvalue weighted by molar-refractivity contribution is 5.27. The predicted octanol–water partition coefficient (Wildman–Crippen LogP) is 1.96. The Labute approximate surface area is 117 Å². The number of allylic oxidation sites excluding steroid dienone is 1. The molecular formula is C12H13F4N3O2. The molecule has 0 aliphatic heterocycles. The molecule has 21 heavy (non-hydrogen) atoms. The third-order valence-corrected chi connectivity index (χ3v) is 3.28. The fourth-order valence-electron chi connectivity index (χ4n) is 2.32. The van der Waals surface area contributed by atoms with Gasteiger partial charge in [-0.25, -0.2) is 9.18 Å². The van der Waals surface area contributed by atoms with Crippen molar-refractivity contribution in [2.45, 2.75) is 31.2 Å². The van der Waals surface area contributed by atoms with Crippen LogP contribution in [0.1, 0.15) is 19.4 Å². The van der Waals surface area contributed by atoms with Gasteiger partial charge in [-0.15, -0.1) is 0 Å². The minimum absolute atomic E-state index is 0.0643. The van der Waals surface area contributed by atoms with Gasteiger partial charge < -0.3 is 10.5 Å². The Hall–Kier alpha value is -1.90. The second kappa shape index (κ2) is 5.14. The van der Waals surface area contributed by atoms with Crippen molar-refractivity contribution in [1.29, 1.82) is 0 Å². The Morgan fingerprint density at radius 2 is 2.24 bits per heavy atom. The third-order valence-electron chi connectivity index (χ3n) is 3.28. The van der Waals surface area contributed by atoms with E-state index in [0.29, 0.717) is 0 Å². The molecule has 2 N–H and O–H groups in total. The van der Waals surface area contributed by atoms with Gasteiger partial charge in [0.15, 0.2) is 0 Å². The summed E-state index contributed by atoms with van der Waals surface area (Å²) in [4.78, 5) is 15.1. The van der Waals surface area contributed by atoms with Gasteiger partial charge in [-0.1, -0.05) is 0 Å². The van der Waals surface area contributed by atoms with Crippen LogP contribution in [0.5, 0.6) is 0 Å². The summed E-state index contributed by atoms with van der Waals surface area (Å²) in [5.41, 5.74) is 1.44. The zero-order valence-corrected chi connectivity index (χ0v) is 11.0. The van der Waals surface area contributed by atoms with Gasteiger partial charge in [0.1, 0.15) is 11.6 Å². The molecule has 2 atom stereocenters. The van der Waals surface area contributed by atoms with Gasteiger partial charge in [-0.05, 0) is 19.1 Å². The SMILES string of the molecule is CCO[C@@]1(C(F)(F)F)C[C@@H](n2ccc(N)nc2=O)C=C1F. The minimum atomic E-state index is -4.93. The number of hydrogen-bond donors (Lipinski definition) is 1. The van der Waals surface area contributed by atoms with Crippen molar-refractivity contribution in [2.24, 2.45) is 0 Å². The largest absolute Gasteiger partial charge is 0.424 e. The van der Waals surface area contributed by atoms with Crippen LogP contribution in [0, 0.1) is 0 Å². The number of anilines is 1. The maximum atomic E-state index is 13.9. The highest BCUT2D eigenvalue weighted by Crippen LogP contribution is 2.50. The molecule has 9 heteroatoms. The van der Waals surface area contributed by atoms with Crippen LogP contribution in [0.15, 0.2) is 29.0 Å². The van der Waals surface area contributed by atoms with Crippen LogP contribution in [0.3, 0.4) is 0 Å². The summed E-state index contributed by atoms with van der Waals surface area (Å²) in [6, 6.07) is 0.111. The van der Waals surface area contributed by atoms with Crippen molar-refractivity contribution in [1.82, 2.24) is 9.55 Å². The number of nitrogen functional groups attached to an aromatic ring is 1. The van der Waals surface area contributed by atoms with Crippen LogP contribution in [-0.4, -0.2) is 27.9 Å². The summed E-state index contributed by atoms with van der Waals surface area (Å²) >= 11 is 0. The Balaban J connectivity index is 2.42. The Kier molecular flexibility index (Phi) is 3.79. The molecule has 0 saturated carbocycles. The quantitative estimate of drug-likeness (QED) is 0.867. The van der Waals surface area contributed by atoms with E-state index in [2.05, 4.69) is 9.72 Å². The molecule has 1 heterocycles. The number of rotatable bonds is 3. The van der Waals surface area contributed by atoms with Gasteiger partial charge in [0.25, 0.3) is 0 Å². The molecule has 1 aliphatic rings. The van der Waals surface area contributed by atoms with Crippen molar-refractivity contribution < 1.29 is 22.3 Å². The average Bonchev–Trinajstić information content (AvgIpc) is 2.67. The first-order valence-corrected chi connectivity index (χ1v) is 6.14. The highest BCUT2D eigenvalue weighted by atomic mass is 19.4. The van der Waals surface area contributed by atoms with Gasteiger partial charge in [0.2, 0.25) is 5.60 Å². The molecule has 0 unspecified atom stereocenters. The number of halogens is 4. The molecule has 0 radical (unpaired) electrons. The van der Waals surface area contributed by atoms with E-state index in [1.807, 2.05) is 0 Å². The minimum Gasteiger partial charge on any atom is -0.383 e. The average molecular weight is 307 g/mol. The lowest BCUT2D eigenvalue weighted by Gasteiger charge is -2.31. The number of ether oxygens (including phenoxy) is 1. The molecular weight excluding hydrogens is 294 g/mol. The van der Waals surface area contributed by atoms with E-state index in [1.165, 1.54) is 19.2 Å². The first-order valence-electron chi connectivity index (χ1n) is 6.14. The fraction of sp³-hybridized carbons (Fsp3) is 0.500. The summed E-state index contributed by atoms with van der Waals surface area (Å²) in [7, 11) is 0. The highest BCUT2D eigenvalue weighted by Gasteiger charge is 2.63. The van der Waals surface area contributed by atoms with Crippen LogP contribution in [0.25, 0.3) is 0 Å². The third kappa shape index (κ3) is 2.53. The Morgan fingerprint density at radius 3 is 2.76 bits per heavy atom. The van der Waals surface area contributed by atoms with Crippen LogP contribution in [0.2, 0.25) is 0 Å². The molecule has 0 amide bonds. The zero-order valence-electron chi connectivity index (χ0n) is 11.0. The molecule has 0 aromatic carbocycles. The van der Waals surface area contributed by atoms with Crippen LogP contribution < -0.4 is 11.4 Å². The number of hydrogen-bond acceptors (Lipinski definition) is 4. The molecule has 0 fully saturated rings. The summed E-state index contributed by atoms with van der Waals surface area (Å²) in [6.45, 7) is 1.02. The molecule has 5 nitrogen and oxygen atoms in total. The normalized spacial score (nSPS) is 26.0. The van der Waals surface area contributed by atoms with Crippen molar-refractivity contribution in [3.63, 3.8) is 0 Å². The van der Waals surface area contributed by atoms with Crippen LogP contribution >= 0.6 is 0 Å². The first-order chi connectivity index (χ1) is 9.71. The maximum absolute atomic E-state index is 13.9. The maximum Gasteiger partial charge on any atom is 0.424 e. The topological polar surface area (TPSA) is 70.1 Å². The van der Waals surface area contributed by atoms with Crippen molar-refractivity contribution in [3.05, 3.63) is 34.7 Å². The van der Waals surface area contributed by atoms with Crippen LogP contribution in [0.4, 0.5) is 23.4 Å². The fourth-order valence-corrected chi connectivity index (χ4v) is 2.32. The van der Waals surface area contributed by atoms with Gasteiger partial charge in [-0.3, -0.25) is 4.57 Å². The summed E-state index contributed by atoms with van der Waals surface area (Å²) < 4.78 is 59.0. The molecule has 0 spiro atoms. The molecule has 1 aromatic heterocycles. The lowest BCUT2D eigenvalue weighted by atomic mass is 10.00. The Morgan fingerprint density at radius 1 is 1.57 bits per heavy atom. The number of nitrogens with two attached hydrogens (primary N) is 1. The van der Waals surface area contributed by atoms with Crippen molar-refractivity contribution >= 4 is 5.82 Å². The standard InChI is InChI=1S/C12H13F4N3O2/c1-2-21-11(12(14,15)16)6-7(5-8(11)13)19-4-3-9(17)18-10(19)20/h3-5,7H,2,6H2,1H3,(H2,17,18,20)/t7-,11-/m0/s1. The monoisotopic (exact) mass is 307 g/mol. The first kappa shape index (κ1) is 15.5. The lowest BCUT2D eigenvalue weighted by Crippen LogP contribution is -2.47. The second-order valence-corrected chi connectivity index (χ2v) is 4.59. The van der Waals surface area contributed by atoms with Crippen LogP contribution in [-0.2, 0) is 4.74 Å². The molecule has 2 rings (SSSR count). The van der Waals surface area contributed by atoms with Gasteiger partial charge >= 0.3 is 11.9 Å². The summed E-state index contributed by atoms with van der Waals surface area (Å²) in [6.07, 6.45) is -3.79. The van der Waals surface area contributed by atoms with E-state index in [0.717, 1.165) is 10.6 Å². The van der Waals surface area contributed by atoms with Gasteiger partial charge in [0.05, 0.1) is 6.04 Å². The summed E-state index contributed by atoms with van der Waals surface area (Å²) in [5, 5.41) is 0. The summed E-state index contributed by atoms with van der Waals surface area (Å²) in [5.74, 6) is -1.52. The molecule has 0 bridgehead atoms. The zero-order chi connectivity index (χ0) is 15.8. The molecule has 116 valence electrons. The van der Waals surface area contributed by atoms with E-state index >= 15 is 0 Å². The smallest absolute Gasteiger partial charge is 0.383 e. The van der Waals surface area contributed by atoms with E-state index in [1.54, 1.807) is 0 Å². The number of aromatic nitrogens is 2.